The van der Waals surface area contributed by atoms with Gasteiger partial charge >= 0.3 is 0 Å². The SMILES string of the molecule is Cc1ccccc1C1CN(C(=O)[C@H]2CCN[C@@H](C)C2)C(C)CO1.Cl. The molecule has 2 aliphatic heterocycles. The maximum Gasteiger partial charge on any atom is 0.226 e. The van der Waals surface area contributed by atoms with Crippen LogP contribution in [0.1, 0.15) is 43.9 Å². The number of carbonyl (C=O) groups excluding carboxylic acids is 1. The summed E-state index contributed by atoms with van der Waals surface area (Å²) in [4.78, 5) is 15.1. The molecule has 0 aromatic heterocycles. The van der Waals surface area contributed by atoms with Crippen molar-refractivity contribution in [1.82, 2.24) is 10.2 Å². The third kappa shape index (κ3) is 4.11. The van der Waals surface area contributed by atoms with E-state index in [0.29, 0.717) is 25.1 Å². The molecule has 2 aliphatic rings. The number of nitrogens with zero attached hydrogens (tertiary/aromatic N) is 1. The lowest BCUT2D eigenvalue weighted by molar-refractivity contribution is -0.150. The van der Waals surface area contributed by atoms with Crippen molar-refractivity contribution in [2.24, 2.45) is 5.92 Å². The molecule has 2 unspecified atom stereocenters. The number of piperidine rings is 1. The first-order valence-electron chi connectivity index (χ1n) is 8.77. The third-order valence-electron chi connectivity index (χ3n) is 5.22. The van der Waals surface area contributed by atoms with Crippen LogP contribution in [-0.2, 0) is 9.53 Å². The van der Waals surface area contributed by atoms with Crippen LogP contribution in [0.15, 0.2) is 24.3 Å². The standard InChI is InChI=1S/C19H28N2O2.ClH/c1-13-6-4-5-7-17(13)18-11-21(15(3)12-23-18)19(22)16-8-9-20-14(2)10-16;/h4-7,14-16,18,20H,8-12H2,1-3H3;1H/t14-,15?,16-,18?;/m0./s1. The highest BCUT2D eigenvalue weighted by atomic mass is 35.5. The lowest BCUT2D eigenvalue weighted by Crippen LogP contribution is -2.52. The number of carbonyl (C=O) groups is 1. The fraction of sp³-hybridized carbons (Fsp3) is 0.632. The van der Waals surface area contributed by atoms with Crippen LogP contribution in [0.4, 0.5) is 0 Å². The van der Waals surface area contributed by atoms with Gasteiger partial charge in [-0.25, -0.2) is 0 Å². The number of nitrogens with one attached hydrogen (secondary N) is 1. The average molecular weight is 353 g/mol. The van der Waals surface area contributed by atoms with Crippen LogP contribution in [0.25, 0.3) is 0 Å². The Morgan fingerprint density at radius 3 is 2.75 bits per heavy atom. The molecule has 4 nitrogen and oxygen atoms in total. The smallest absolute Gasteiger partial charge is 0.226 e. The Kier molecular flexibility index (Phi) is 6.67. The summed E-state index contributed by atoms with van der Waals surface area (Å²) in [5.41, 5.74) is 2.44. The summed E-state index contributed by atoms with van der Waals surface area (Å²) in [5.74, 6) is 0.469. The summed E-state index contributed by atoms with van der Waals surface area (Å²) >= 11 is 0. The number of amides is 1. The predicted octanol–water partition coefficient (Wildman–Crippen LogP) is 3.09. The highest BCUT2D eigenvalue weighted by Gasteiger charge is 2.35. The van der Waals surface area contributed by atoms with Crippen LogP contribution in [0, 0.1) is 12.8 Å². The van der Waals surface area contributed by atoms with Crippen molar-refractivity contribution in [3.05, 3.63) is 35.4 Å². The summed E-state index contributed by atoms with van der Waals surface area (Å²) in [6.07, 6.45) is 1.88. The summed E-state index contributed by atoms with van der Waals surface area (Å²) in [6, 6.07) is 8.91. The number of ether oxygens (including phenoxy) is 1. The first-order chi connectivity index (χ1) is 11.1. The Morgan fingerprint density at radius 2 is 2.04 bits per heavy atom. The van der Waals surface area contributed by atoms with Crippen molar-refractivity contribution < 1.29 is 9.53 Å². The van der Waals surface area contributed by atoms with Gasteiger partial charge < -0.3 is 15.0 Å². The molecular formula is C19H29ClN2O2. The zero-order chi connectivity index (χ0) is 16.4. The van der Waals surface area contributed by atoms with Crippen molar-refractivity contribution in [3.8, 4) is 0 Å². The molecule has 5 heteroatoms. The molecule has 2 heterocycles. The van der Waals surface area contributed by atoms with Crippen molar-refractivity contribution in [2.75, 3.05) is 19.7 Å². The molecule has 24 heavy (non-hydrogen) atoms. The topological polar surface area (TPSA) is 41.6 Å². The largest absolute Gasteiger partial charge is 0.370 e. The van der Waals surface area contributed by atoms with Gasteiger partial charge in [0.05, 0.1) is 19.2 Å². The normalized spacial score (nSPS) is 30.5. The Hall–Kier alpha value is -1.10. The Balaban J connectivity index is 0.00000208. The van der Waals surface area contributed by atoms with E-state index in [-0.39, 0.29) is 30.5 Å². The third-order valence-corrected chi connectivity index (χ3v) is 5.22. The minimum Gasteiger partial charge on any atom is -0.370 e. The maximum atomic E-state index is 13.0. The van der Waals surface area contributed by atoms with E-state index < -0.39 is 0 Å². The molecule has 0 bridgehead atoms. The second kappa shape index (κ2) is 8.32. The van der Waals surface area contributed by atoms with E-state index in [1.165, 1.54) is 11.1 Å². The number of aryl methyl sites for hydroxylation is 1. The lowest BCUT2D eigenvalue weighted by atomic mass is 9.91. The fourth-order valence-electron chi connectivity index (χ4n) is 3.79. The predicted molar refractivity (Wildman–Crippen MR) is 98.5 cm³/mol. The van der Waals surface area contributed by atoms with E-state index >= 15 is 0 Å². The van der Waals surface area contributed by atoms with Gasteiger partial charge in [0.15, 0.2) is 0 Å². The van der Waals surface area contributed by atoms with E-state index in [1.807, 2.05) is 12.1 Å². The molecule has 2 saturated heterocycles. The first-order valence-corrected chi connectivity index (χ1v) is 8.77. The zero-order valence-electron chi connectivity index (χ0n) is 14.8. The van der Waals surface area contributed by atoms with Crippen LogP contribution in [0.3, 0.4) is 0 Å². The highest BCUT2D eigenvalue weighted by Crippen LogP contribution is 2.29. The maximum absolute atomic E-state index is 13.0. The molecule has 1 amide bonds. The fourth-order valence-corrected chi connectivity index (χ4v) is 3.79. The van der Waals surface area contributed by atoms with E-state index in [4.69, 9.17) is 4.74 Å². The number of halogens is 1. The minimum atomic E-state index is -0.00418. The molecule has 1 N–H and O–H groups in total. The Labute approximate surface area is 151 Å². The summed E-state index contributed by atoms with van der Waals surface area (Å²) in [6.45, 7) is 8.60. The van der Waals surface area contributed by atoms with Crippen molar-refractivity contribution in [1.29, 1.82) is 0 Å². The molecule has 0 radical (unpaired) electrons. The monoisotopic (exact) mass is 352 g/mol. The van der Waals surface area contributed by atoms with E-state index in [0.717, 1.165) is 19.4 Å². The van der Waals surface area contributed by atoms with Crippen LogP contribution in [0.5, 0.6) is 0 Å². The van der Waals surface area contributed by atoms with Gasteiger partial charge in [-0.05, 0) is 51.3 Å². The number of hydrogen-bond acceptors (Lipinski definition) is 3. The average Bonchev–Trinajstić information content (AvgIpc) is 2.55. The summed E-state index contributed by atoms with van der Waals surface area (Å²) in [5, 5.41) is 3.43. The van der Waals surface area contributed by atoms with Crippen LogP contribution in [-0.4, -0.2) is 42.6 Å². The second-order valence-electron chi connectivity index (χ2n) is 7.09. The molecule has 3 rings (SSSR count). The van der Waals surface area contributed by atoms with Gasteiger partial charge in [-0.2, -0.15) is 0 Å². The number of rotatable bonds is 2. The number of morpholine rings is 1. The minimum absolute atomic E-state index is 0. The van der Waals surface area contributed by atoms with Crippen LogP contribution < -0.4 is 5.32 Å². The van der Waals surface area contributed by atoms with E-state index in [2.05, 4.69) is 43.1 Å². The van der Waals surface area contributed by atoms with E-state index in [9.17, 15) is 4.79 Å². The molecule has 4 atom stereocenters. The zero-order valence-corrected chi connectivity index (χ0v) is 15.6. The molecular weight excluding hydrogens is 324 g/mol. The molecule has 0 saturated carbocycles. The quantitative estimate of drug-likeness (QED) is 0.889. The van der Waals surface area contributed by atoms with Crippen molar-refractivity contribution >= 4 is 18.3 Å². The summed E-state index contributed by atoms with van der Waals surface area (Å²) < 4.78 is 6.04. The van der Waals surface area contributed by atoms with Crippen LogP contribution in [0.2, 0.25) is 0 Å². The highest BCUT2D eigenvalue weighted by molar-refractivity contribution is 5.85. The molecule has 1 aromatic rings. The Bertz CT molecular complexity index is 566. The lowest BCUT2D eigenvalue weighted by Gasteiger charge is -2.41. The second-order valence-corrected chi connectivity index (χ2v) is 7.09. The Morgan fingerprint density at radius 1 is 1.29 bits per heavy atom. The molecule has 1 aromatic carbocycles. The van der Waals surface area contributed by atoms with E-state index in [1.54, 1.807) is 0 Å². The van der Waals surface area contributed by atoms with Crippen molar-refractivity contribution in [3.63, 3.8) is 0 Å². The van der Waals surface area contributed by atoms with Gasteiger partial charge in [-0.3, -0.25) is 4.79 Å². The van der Waals surface area contributed by atoms with Gasteiger partial charge in [0.2, 0.25) is 5.91 Å². The van der Waals surface area contributed by atoms with Gasteiger partial charge in [-0.15, -0.1) is 12.4 Å². The van der Waals surface area contributed by atoms with Gasteiger partial charge in [-0.1, -0.05) is 24.3 Å². The first kappa shape index (κ1) is 19.2. The number of hydrogen-bond donors (Lipinski definition) is 1. The molecule has 0 aliphatic carbocycles. The molecule has 2 fully saturated rings. The number of benzene rings is 1. The molecule has 0 spiro atoms. The van der Waals surface area contributed by atoms with Gasteiger partial charge in [0, 0.05) is 12.0 Å². The molecule has 134 valence electrons. The van der Waals surface area contributed by atoms with Crippen molar-refractivity contribution in [2.45, 2.75) is 51.8 Å². The van der Waals surface area contributed by atoms with Crippen LogP contribution >= 0.6 is 12.4 Å². The van der Waals surface area contributed by atoms with Gasteiger partial charge in [0.25, 0.3) is 0 Å². The van der Waals surface area contributed by atoms with Gasteiger partial charge in [0.1, 0.15) is 6.10 Å². The summed E-state index contributed by atoms with van der Waals surface area (Å²) in [7, 11) is 0.